The van der Waals surface area contributed by atoms with Crippen LogP contribution in [0, 0.1) is 6.92 Å². The molecule has 26 heavy (non-hydrogen) atoms. The molecule has 0 radical (unpaired) electrons. The second-order valence-corrected chi connectivity index (χ2v) is 5.98. The van der Waals surface area contributed by atoms with Crippen LogP contribution in [0.15, 0.2) is 36.7 Å². The Bertz CT molecular complexity index is 920. The number of hydrogen-bond acceptors (Lipinski definition) is 5. The standard InChI is InChI=1S/C19H22N4O3/c1-13-9-18-21-11-14(12-23(18)22-13)5-4-8-20-19(24)16-7-6-15(25-2)10-17(16)26-3/h6-7,9-12H,4-5,8H2,1-3H3,(H,20,24). The fourth-order valence-electron chi connectivity index (χ4n) is 2.74. The van der Waals surface area contributed by atoms with Crippen LogP contribution in [0.25, 0.3) is 5.65 Å². The van der Waals surface area contributed by atoms with Gasteiger partial charge < -0.3 is 14.8 Å². The topological polar surface area (TPSA) is 77.8 Å². The molecule has 0 aliphatic heterocycles. The maximum Gasteiger partial charge on any atom is 0.255 e. The van der Waals surface area contributed by atoms with Gasteiger partial charge in [0.05, 0.1) is 25.5 Å². The first-order valence-corrected chi connectivity index (χ1v) is 8.42. The second kappa shape index (κ2) is 7.86. The van der Waals surface area contributed by atoms with Crippen molar-refractivity contribution in [3.8, 4) is 11.5 Å². The third-order valence-corrected chi connectivity index (χ3v) is 4.07. The zero-order valence-electron chi connectivity index (χ0n) is 15.2. The van der Waals surface area contributed by atoms with Crippen molar-refractivity contribution < 1.29 is 14.3 Å². The smallest absolute Gasteiger partial charge is 0.255 e. The van der Waals surface area contributed by atoms with E-state index >= 15 is 0 Å². The molecule has 2 heterocycles. The molecule has 0 atom stereocenters. The number of benzene rings is 1. The largest absolute Gasteiger partial charge is 0.497 e. The lowest BCUT2D eigenvalue weighted by Crippen LogP contribution is -2.25. The van der Waals surface area contributed by atoms with Gasteiger partial charge >= 0.3 is 0 Å². The van der Waals surface area contributed by atoms with Crippen LogP contribution in [-0.4, -0.2) is 41.3 Å². The van der Waals surface area contributed by atoms with Gasteiger partial charge in [0.2, 0.25) is 0 Å². The first-order chi connectivity index (χ1) is 12.6. The molecule has 7 heteroatoms. The van der Waals surface area contributed by atoms with Crippen LogP contribution in [0.3, 0.4) is 0 Å². The van der Waals surface area contributed by atoms with Crippen LogP contribution >= 0.6 is 0 Å². The van der Waals surface area contributed by atoms with Gasteiger partial charge in [-0.05, 0) is 37.5 Å². The minimum atomic E-state index is -0.166. The van der Waals surface area contributed by atoms with E-state index in [1.807, 2.05) is 25.4 Å². The van der Waals surface area contributed by atoms with E-state index in [4.69, 9.17) is 9.47 Å². The van der Waals surface area contributed by atoms with E-state index in [9.17, 15) is 4.79 Å². The molecule has 1 N–H and O–H groups in total. The van der Waals surface area contributed by atoms with Gasteiger partial charge in [0, 0.05) is 31.1 Å². The van der Waals surface area contributed by atoms with Gasteiger partial charge in [0.15, 0.2) is 5.65 Å². The van der Waals surface area contributed by atoms with Crippen LogP contribution in [0.5, 0.6) is 11.5 Å². The lowest BCUT2D eigenvalue weighted by Gasteiger charge is -2.11. The summed E-state index contributed by atoms with van der Waals surface area (Å²) >= 11 is 0. The number of ether oxygens (including phenoxy) is 2. The Labute approximate surface area is 152 Å². The molecular formula is C19H22N4O3. The third-order valence-electron chi connectivity index (χ3n) is 4.07. The number of rotatable bonds is 7. The number of fused-ring (bicyclic) bond motifs is 1. The van der Waals surface area contributed by atoms with Gasteiger partial charge in [-0.2, -0.15) is 5.10 Å². The van der Waals surface area contributed by atoms with Crippen molar-refractivity contribution >= 4 is 11.6 Å². The Morgan fingerprint density at radius 3 is 2.85 bits per heavy atom. The fraction of sp³-hybridized carbons (Fsp3) is 0.316. The summed E-state index contributed by atoms with van der Waals surface area (Å²) in [5.74, 6) is 0.974. The van der Waals surface area contributed by atoms with Crippen LogP contribution in [-0.2, 0) is 6.42 Å². The van der Waals surface area contributed by atoms with Gasteiger partial charge in [0.25, 0.3) is 5.91 Å². The summed E-state index contributed by atoms with van der Waals surface area (Å²) in [5.41, 5.74) is 3.35. The number of methoxy groups -OCH3 is 2. The molecule has 3 rings (SSSR count). The molecule has 7 nitrogen and oxygen atoms in total. The van der Waals surface area contributed by atoms with Gasteiger partial charge in [-0.1, -0.05) is 0 Å². The minimum Gasteiger partial charge on any atom is -0.497 e. The average molecular weight is 354 g/mol. The normalized spacial score (nSPS) is 10.7. The van der Waals surface area contributed by atoms with Gasteiger partial charge in [0.1, 0.15) is 11.5 Å². The van der Waals surface area contributed by atoms with E-state index in [2.05, 4.69) is 15.4 Å². The number of carbonyl (C=O) groups excluding carboxylic acids is 1. The van der Waals surface area contributed by atoms with Gasteiger partial charge in [-0.3, -0.25) is 4.79 Å². The number of carbonyl (C=O) groups is 1. The van der Waals surface area contributed by atoms with Gasteiger partial charge in [-0.25, -0.2) is 9.50 Å². The summed E-state index contributed by atoms with van der Waals surface area (Å²) in [6.07, 6.45) is 5.44. The predicted octanol–water partition coefficient (Wildman–Crippen LogP) is 2.42. The predicted molar refractivity (Wildman–Crippen MR) is 97.9 cm³/mol. The molecular weight excluding hydrogens is 332 g/mol. The Hall–Kier alpha value is -3.09. The maximum absolute atomic E-state index is 12.4. The molecule has 136 valence electrons. The minimum absolute atomic E-state index is 0.166. The molecule has 1 amide bonds. The highest BCUT2D eigenvalue weighted by Crippen LogP contribution is 2.24. The lowest BCUT2D eigenvalue weighted by molar-refractivity contribution is 0.0950. The molecule has 0 saturated heterocycles. The highest BCUT2D eigenvalue weighted by molar-refractivity contribution is 5.97. The molecule has 0 aliphatic carbocycles. The van der Waals surface area contributed by atoms with Crippen molar-refractivity contribution in [1.82, 2.24) is 19.9 Å². The third kappa shape index (κ3) is 3.93. The molecule has 0 spiro atoms. The first-order valence-electron chi connectivity index (χ1n) is 8.42. The molecule has 0 bridgehead atoms. The van der Waals surface area contributed by atoms with Crippen molar-refractivity contribution in [2.45, 2.75) is 19.8 Å². The number of nitrogens with one attached hydrogen (secondary N) is 1. The summed E-state index contributed by atoms with van der Waals surface area (Å²) in [6, 6.07) is 7.07. The van der Waals surface area contributed by atoms with E-state index < -0.39 is 0 Å². The van der Waals surface area contributed by atoms with Crippen LogP contribution in [0.4, 0.5) is 0 Å². The number of hydrogen-bond donors (Lipinski definition) is 1. The monoisotopic (exact) mass is 354 g/mol. The van der Waals surface area contributed by atoms with Crippen molar-refractivity contribution in [1.29, 1.82) is 0 Å². The highest BCUT2D eigenvalue weighted by Gasteiger charge is 2.12. The van der Waals surface area contributed by atoms with Crippen LogP contribution < -0.4 is 14.8 Å². The Kier molecular flexibility index (Phi) is 5.36. The van der Waals surface area contributed by atoms with Crippen molar-refractivity contribution in [3.05, 3.63) is 53.5 Å². The van der Waals surface area contributed by atoms with Crippen LogP contribution in [0.2, 0.25) is 0 Å². The molecule has 0 unspecified atom stereocenters. The Morgan fingerprint density at radius 1 is 1.23 bits per heavy atom. The molecule has 0 saturated carbocycles. The SMILES string of the molecule is COc1ccc(C(=O)NCCCc2cnc3cc(C)nn3c2)c(OC)c1. The molecule has 0 fully saturated rings. The Balaban J connectivity index is 1.54. The van der Waals surface area contributed by atoms with E-state index in [1.54, 1.807) is 29.8 Å². The number of nitrogens with zero attached hydrogens (tertiary/aromatic N) is 3. The summed E-state index contributed by atoms with van der Waals surface area (Å²) < 4.78 is 12.2. The average Bonchev–Trinajstić information content (AvgIpc) is 3.03. The van der Waals surface area contributed by atoms with Crippen molar-refractivity contribution in [2.24, 2.45) is 0 Å². The number of aryl methyl sites for hydroxylation is 2. The maximum atomic E-state index is 12.4. The molecule has 0 aliphatic rings. The molecule has 2 aromatic heterocycles. The Morgan fingerprint density at radius 2 is 2.08 bits per heavy atom. The van der Waals surface area contributed by atoms with Crippen molar-refractivity contribution in [3.63, 3.8) is 0 Å². The zero-order chi connectivity index (χ0) is 18.5. The number of aromatic nitrogens is 3. The van der Waals surface area contributed by atoms with E-state index in [0.717, 1.165) is 29.7 Å². The lowest BCUT2D eigenvalue weighted by atomic mass is 10.1. The summed E-state index contributed by atoms with van der Waals surface area (Å²) in [7, 11) is 3.11. The van der Waals surface area contributed by atoms with Gasteiger partial charge in [-0.15, -0.1) is 0 Å². The highest BCUT2D eigenvalue weighted by atomic mass is 16.5. The van der Waals surface area contributed by atoms with E-state index in [-0.39, 0.29) is 5.91 Å². The fourth-order valence-corrected chi connectivity index (χ4v) is 2.74. The zero-order valence-corrected chi connectivity index (χ0v) is 15.2. The summed E-state index contributed by atoms with van der Waals surface area (Å²) in [6.45, 7) is 2.50. The van der Waals surface area contributed by atoms with Crippen molar-refractivity contribution in [2.75, 3.05) is 20.8 Å². The summed E-state index contributed by atoms with van der Waals surface area (Å²) in [5, 5.41) is 7.28. The van der Waals surface area contributed by atoms with E-state index in [0.29, 0.717) is 23.6 Å². The molecule has 1 aromatic carbocycles. The first kappa shape index (κ1) is 17.7. The second-order valence-electron chi connectivity index (χ2n) is 5.98. The summed E-state index contributed by atoms with van der Waals surface area (Å²) in [4.78, 5) is 16.7. The molecule has 3 aromatic rings. The van der Waals surface area contributed by atoms with Crippen LogP contribution in [0.1, 0.15) is 28.0 Å². The van der Waals surface area contributed by atoms with E-state index in [1.165, 1.54) is 7.11 Å². The quantitative estimate of drug-likeness (QED) is 0.659. The number of amides is 1.